The van der Waals surface area contributed by atoms with Gasteiger partial charge in [-0.05, 0) is 32.0 Å². The Labute approximate surface area is 150 Å². The molecule has 2 atom stereocenters. The number of rotatable bonds is 2. The molecule has 1 aliphatic rings. The minimum atomic E-state index is 0. The van der Waals surface area contributed by atoms with E-state index in [2.05, 4.69) is 40.2 Å². The molecule has 2 unspecified atom stereocenters. The zero-order valence-electron chi connectivity index (χ0n) is 13.1. The van der Waals surface area contributed by atoms with Gasteiger partial charge in [-0.25, -0.2) is 4.68 Å². The molecule has 1 N–H and O–H groups in total. The predicted octanol–water partition coefficient (Wildman–Crippen LogP) is 2.88. The predicted molar refractivity (Wildman–Crippen MR) is 96.5 cm³/mol. The number of carbonyl (C=O) groups is 1. The quantitative estimate of drug-likeness (QED) is 0.845. The smallest absolute Gasteiger partial charge is 0.257 e. The second kappa shape index (κ2) is 7.47. The zero-order valence-corrected chi connectivity index (χ0v) is 15.5. The van der Waals surface area contributed by atoms with E-state index in [1.165, 1.54) is 0 Å². The third kappa shape index (κ3) is 3.76. The second-order valence-corrected chi connectivity index (χ2v) is 6.55. The molecule has 23 heavy (non-hydrogen) atoms. The summed E-state index contributed by atoms with van der Waals surface area (Å²) in [6.45, 7) is 5.74. The molecule has 0 radical (unpaired) electrons. The lowest BCUT2D eigenvalue weighted by Crippen LogP contribution is -2.57. The van der Waals surface area contributed by atoms with E-state index in [9.17, 15) is 4.79 Å². The van der Waals surface area contributed by atoms with Crippen molar-refractivity contribution in [1.82, 2.24) is 20.0 Å². The summed E-state index contributed by atoms with van der Waals surface area (Å²) in [5.41, 5.74) is 1.55. The summed E-state index contributed by atoms with van der Waals surface area (Å²) in [5.74, 6) is 0.0436. The number of nitrogens with one attached hydrogen (secondary N) is 1. The van der Waals surface area contributed by atoms with Crippen molar-refractivity contribution in [1.29, 1.82) is 0 Å². The number of halogens is 2. The molecule has 124 valence electrons. The molecule has 0 saturated carbocycles. The van der Waals surface area contributed by atoms with Crippen molar-refractivity contribution in [3.63, 3.8) is 0 Å². The normalized spacial score (nSPS) is 20.9. The number of carbonyl (C=O) groups excluding carboxylic acids is 1. The highest BCUT2D eigenvalue weighted by molar-refractivity contribution is 9.10. The SMILES string of the molecule is CC1NCCN(C(=O)c2cnn(-c3cccc(Br)c3)c2)C1C.Cl. The maximum atomic E-state index is 12.7. The van der Waals surface area contributed by atoms with E-state index in [0.717, 1.165) is 23.2 Å². The van der Waals surface area contributed by atoms with Gasteiger partial charge in [-0.3, -0.25) is 4.79 Å². The Kier molecular flexibility index (Phi) is 5.84. The minimum absolute atomic E-state index is 0. The van der Waals surface area contributed by atoms with Gasteiger partial charge in [0, 0.05) is 35.8 Å². The Morgan fingerprint density at radius 1 is 1.39 bits per heavy atom. The van der Waals surface area contributed by atoms with E-state index in [4.69, 9.17) is 0 Å². The van der Waals surface area contributed by atoms with Gasteiger partial charge >= 0.3 is 0 Å². The summed E-state index contributed by atoms with van der Waals surface area (Å²) in [6, 6.07) is 8.32. The fourth-order valence-electron chi connectivity index (χ4n) is 2.70. The maximum Gasteiger partial charge on any atom is 0.257 e. The van der Waals surface area contributed by atoms with E-state index in [-0.39, 0.29) is 24.4 Å². The molecule has 3 rings (SSSR count). The van der Waals surface area contributed by atoms with Crippen LogP contribution in [0.25, 0.3) is 5.69 Å². The van der Waals surface area contributed by atoms with Crippen LogP contribution in [-0.2, 0) is 0 Å². The lowest BCUT2D eigenvalue weighted by Gasteiger charge is -2.38. The van der Waals surface area contributed by atoms with Crippen molar-refractivity contribution in [2.75, 3.05) is 13.1 Å². The molecule has 2 heterocycles. The molecule has 1 aromatic heterocycles. The number of aromatic nitrogens is 2. The summed E-state index contributed by atoms with van der Waals surface area (Å²) in [5, 5.41) is 7.71. The number of hydrogen-bond donors (Lipinski definition) is 1. The second-order valence-electron chi connectivity index (χ2n) is 5.64. The van der Waals surface area contributed by atoms with Gasteiger partial charge in [0.25, 0.3) is 5.91 Å². The van der Waals surface area contributed by atoms with Crippen molar-refractivity contribution in [3.05, 3.63) is 46.7 Å². The van der Waals surface area contributed by atoms with Crippen LogP contribution in [0.15, 0.2) is 41.1 Å². The molecule has 7 heteroatoms. The number of hydrogen-bond acceptors (Lipinski definition) is 3. The molecule has 1 aromatic carbocycles. The number of amides is 1. The molecule has 1 saturated heterocycles. The van der Waals surface area contributed by atoms with Crippen molar-refractivity contribution < 1.29 is 4.79 Å². The van der Waals surface area contributed by atoms with Gasteiger partial charge in [-0.2, -0.15) is 5.10 Å². The highest BCUT2D eigenvalue weighted by Gasteiger charge is 2.29. The average molecular weight is 400 g/mol. The highest BCUT2D eigenvalue weighted by atomic mass is 79.9. The first-order valence-electron chi connectivity index (χ1n) is 7.41. The van der Waals surface area contributed by atoms with Crippen molar-refractivity contribution >= 4 is 34.2 Å². The molecule has 0 spiro atoms. The number of nitrogens with zero attached hydrogens (tertiary/aromatic N) is 3. The van der Waals surface area contributed by atoms with Crippen LogP contribution in [0.1, 0.15) is 24.2 Å². The van der Waals surface area contributed by atoms with E-state index < -0.39 is 0 Å². The van der Waals surface area contributed by atoms with Gasteiger partial charge in [0.1, 0.15) is 0 Å². The summed E-state index contributed by atoms with van der Waals surface area (Å²) in [4.78, 5) is 14.6. The van der Waals surface area contributed by atoms with Gasteiger partial charge in [0.05, 0.1) is 17.4 Å². The largest absolute Gasteiger partial charge is 0.333 e. The van der Waals surface area contributed by atoms with E-state index in [1.54, 1.807) is 17.1 Å². The van der Waals surface area contributed by atoms with Gasteiger partial charge in [0.2, 0.25) is 0 Å². The highest BCUT2D eigenvalue weighted by Crippen LogP contribution is 2.17. The first kappa shape index (κ1) is 18.0. The topological polar surface area (TPSA) is 50.2 Å². The number of piperazine rings is 1. The average Bonchev–Trinajstić information content (AvgIpc) is 2.99. The zero-order chi connectivity index (χ0) is 15.7. The molecule has 5 nitrogen and oxygen atoms in total. The first-order valence-corrected chi connectivity index (χ1v) is 8.20. The van der Waals surface area contributed by atoms with Crippen LogP contribution < -0.4 is 5.32 Å². The van der Waals surface area contributed by atoms with E-state index in [1.807, 2.05) is 29.2 Å². The third-order valence-corrected chi connectivity index (χ3v) is 4.69. The Morgan fingerprint density at radius 2 is 2.17 bits per heavy atom. The lowest BCUT2D eigenvalue weighted by molar-refractivity contribution is 0.0603. The van der Waals surface area contributed by atoms with Crippen LogP contribution in [0.3, 0.4) is 0 Å². The van der Waals surface area contributed by atoms with Crippen molar-refractivity contribution in [2.24, 2.45) is 0 Å². The molecular formula is C16H20BrClN4O. The van der Waals surface area contributed by atoms with Gasteiger partial charge in [-0.1, -0.05) is 22.0 Å². The van der Waals surface area contributed by atoms with Crippen LogP contribution in [0.2, 0.25) is 0 Å². The molecule has 2 aromatic rings. The fraction of sp³-hybridized carbons (Fsp3) is 0.375. The summed E-state index contributed by atoms with van der Waals surface area (Å²) in [7, 11) is 0. The first-order chi connectivity index (χ1) is 10.6. The molecular weight excluding hydrogens is 380 g/mol. The Bertz CT molecular complexity index is 690. The Morgan fingerprint density at radius 3 is 2.91 bits per heavy atom. The van der Waals surface area contributed by atoms with Gasteiger partial charge in [0.15, 0.2) is 0 Å². The minimum Gasteiger partial charge on any atom is -0.333 e. The summed E-state index contributed by atoms with van der Waals surface area (Å²) in [6.07, 6.45) is 3.44. The van der Waals surface area contributed by atoms with Crippen molar-refractivity contribution in [3.8, 4) is 5.69 Å². The summed E-state index contributed by atoms with van der Waals surface area (Å²) < 4.78 is 2.71. The molecule has 1 fully saturated rings. The van der Waals surface area contributed by atoms with Crippen LogP contribution in [0.5, 0.6) is 0 Å². The fourth-order valence-corrected chi connectivity index (χ4v) is 3.09. The molecule has 0 bridgehead atoms. The van der Waals surface area contributed by atoms with Crippen LogP contribution in [0.4, 0.5) is 0 Å². The number of benzene rings is 1. The van der Waals surface area contributed by atoms with Crippen LogP contribution >= 0.6 is 28.3 Å². The maximum absolute atomic E-state index is 12.7. The van der Waals surface area contributed by atoms with Crippen LogP contribution in [-0.4, -0.2) is 45.8 Å². The third-order valence-electron chi connectivity index (χ3n) is 4.20. The monoisotopic (exact) mass is 398 g/mol. The van der Waals surface area contributed by atoms with Crippen LogP contribution in [0, 0.1) is 0 Å². The van der Waals surface area contributed by atoms with Gasteiger partial charge < -0.3 is 10.2 Å². The van der Waals surface area contributed by atoms with Crippen molar-refractivity contribution in [2.45, 2.75) is 25.9 Å². The standard InChI is InChI=1S/C16H19BrN4O.ClH/c1-11-12(2)20(7-6-18-11)16(22)13-9-19-21(10-13)15-5-3-4-14(17)8-15;/h3-5,8-12,18H,6-7H2,1-2H3;1H. The van der Waals surface area contributed by atoms with Gasteiger partial charge in [-0.15, -0.1) is 12.4 Å². The van der Waals surface area contributed by atoms with E-state index in [0.29, 0.717) is 11.6 Å². The lowest BCUT2D eigenvalue weighted by atomic mass is 10.1. The van der Waals surface area contributed by atoms with E-state index >= 15 is 0 Å². The Balaban J connectivity index is 0.00000192. The molecule has 1 amide bonds. The Hall–Kier alpha value is -1.37. The summed E-state index contributed by atoms with van der Waals surface area (Å²) >= 11 is 3.45. The molecule has 1 aliphatic heterocycles. The molecule has 0 aliphatic carbocycles.